The Morgan fingerprint density at radius 2 is 1.45 bits per heavy atom. The summed E-state index contributed by atoms with van der Waals surface area (Å²) in [5, 5.41) is 11.8. The summed E-state index contributed by atoms with van der Waals surface area (Å²) in [4.78, 5) is 51.1. The third-order valence-electron chi connectivity index (χ3n) is 5.70. The van der Waals surface area contributed by atoms with Gasteiger partial charge in [0.05, 0.1) is 28.8 Å². The molecule has 1 heterocycles. The molecule has 2 N–H and O–H groups in total. The highest BCUT2D eigenvalue weighted by Gasteiger charge is 2.52. The van der Waals surface area contributed by atoms with Crippen molar-refractivity contribution in [2.45, 2.75) is 22.5 Å². The lowest BCUT2D eigenvalue weighted by Crippen LogP contribution is -2.34. The molecule has 1 aliphatic carbocycles. The van der Waals surface area contributed by atoms with Gasteiger partial charge in [-0.3, -0.25) is 19.3 Å². The van der Waals surface area contributed by atoms with E-state index in [4.69, 9.17) is 0 Å². The van der Waals surface area contributed by atoms with Gasteiger partial charge in [-0.15, -0.1) is 0 Å². The molecule has 1 saturated heterocycles. The zero-order chi connectivity index (χ0) is 22.3. The number of rotatable bonds is 4. The first-order chi connectivity index (χ1) is 14.8. The van der Waals surface area contributed by atoms with Crippen molar-refractivity contribution in [2.24, 2.45) is 11.8 Å². The summed E-state index contributed by atoms with van der Waals surface area (Å²) in [6.07, 6.45) is 1.18. The van der Waals surface area contributed by atoms with Crippen LogP contribution in [0.3, 0.4) is 0 Å². The van der Waals surface area contributed by atoms with Crippen LogP contribution in [0.25, 0.3) is 0 Å². The number of hydrogen-bond donors (Lipinski definition) is 2. The van der Waals surface area contributed by atoms with Gasteiger partial charge in [0.2, 0.25) is 11.8 Å². The molecule has 7 nitrogen and oxygen atoms in total. The van der Waals surface area contributed by atoms with Crippen LogP contribution < -0.4 is 10.2 Å². The summed E-state index contributed by atoms with van der Waals surface area (Å²) in [6.45, 7) is 0. The molecule has 3 amide bonds. The number of hydrogen-bond acceptors (Lipinski definition) is 4. The zero-order valence-electron chi connectivity index (χ0n) is 16.1. The van der Waals surface area contributed by atoms with Gasteiger partial charge in [0, 0.05) is 15.2 Å². The number of halogens is 2. The van der Waals surface area contributed by atoms with Crippen molar-refractivity contribution in [3.05, 3.63) is 59.7 Å². The number of carboxylic acid groups (broad SMARTS) is 1. The maximum atomic E-state index is 12.9. The minimum Gasteiger partial charge on any atom is -0.478 e. The van der Waals surface area contributed by atoms with Crippen molar-refractivity contribution in [1.29, 1.82) is 0 Å². The molecule has 1 aliphatic heterocycles. The lowest BCUT2D eigenvalue weighted by atomic mass is 9.81. The highest BCUT2D eigenvalue weighted by atomic mass is 79.9. The number of para-hydroxylation sites is 1. The molecule has 9 heteroatoms. The number of benzene rings is 2. The molecule has 0 unspecified atom stereocenters. The molecule has 0 radical (unpaired) electrons. The summed E-state index contributed by atoms with van der Waals surface area (Å²) in [5.41, 5.74) is 0.871. The van der Waals surface area contributed by atoms with E-state index in [1.165, 1.54) is 29.2 Å². The Labute approximate surface area is 195 Å². The van der Waals surface area contributed by atoms with Gasteiger partial charge in [-0.1, -0.05) is 44.0 Å². The number of alkyl halides is 2. The summed E-state index contributed by atoms with van der Waals surface area (Å²) >= 11 is 7.14. The van der Waals surface area contributed by atoms with Gasteiger partial charge < -0.3 is 10.4 Å². The minimum absolute atomic E-state index is 0.0153. The Kier molecular flexibility index (Phi) is 5.98. The van der Waals surface area contributed by atoms with Crippen LogP contribution in [0.2, 0.25) is 0 Å². The van der Waals surface area contributed by atoms with Crippen LogP contribution in [0, 0.1) is 11.8 Å². The number of carbonyl (C=O) groups is 4. The Morgan fingerprint density at radius 3 is 2.00 bits per heavy atom. The molecule has 4 rings (SSSR count). The highest BCUT2D eigenvalue weighted by Crippen LogP contribution is 2.44. The first-order valence-electron chi connectivity index (χ1n) is 9.67. The number of aromatic carboxylic acids is 1. The van der Waals surface area contributed by atoms with Crippen LogP contribution in [0.4, 0.5) is 11.4 Å². The largest absolute Gasteiger partial charge is 0.478 e. The molecule has 31 heavy (non-hydrogen) atoms. The lowest BCUT2D eigenvalue weighted by molar-refractivity contribution is -0.122. The van der Waals surface area contributed by atoms with Crippen molar-refractivity contribution < 1.29 is 24.3 Å². The Hall–Kier alpha value is -2.52. The van der Waals surface area contributed by atoms with Crippen molar-refractivity contribution >= 4 is 66.9 Å². The van der Waals surface area contributed by atoms with Crippen LogP contribution in [0.1, 0.15) is 33.6 Å². The third-order valence-corrected chi connectivity index (χ3v) is 8.44. The predicted octanol–water partition coefficient (Wildman–Crippen LogP) is 4.06. The summed E-state index contributed by atoms with van der Waals surface area (Å²) in [5.74, 6) is -2.76. The number of carbonyl (C=O) groups excluding carboxylic acids is 3. The van der Waals surface area contributed by atoms with Crippen molar-refractivity contribution in [2.75, 3.05) is 10.2 Å². The fourth-order valence-corrected chi connectivity index (χ4v) is 5.32. The molecule has 2 aromatic rings. The molecule has 1 saturated carbocycles. The average molecular weight is 550 g/mol. The summed E-state index contributed by atoms with van der Waals surface area (Å²) in [7, 11) is 0. The van der Waals surface area contributed by atoms with E-state index in [1.54, 1.807) is 24.3 Å². The lowest BCUT2D eigenvalue weighted by Gasteiger charge is -2.29. The van der Waals surface area contributed by atoms with Gasteiger partial charge in [-0.2, -0.15) is 0 Å². The monoisotopic (exact) mass is 548 g/mol. The molecule has 0 bridgehead atoms. The van der Waals surface area contributed by atoms with Crippen LogP contribution in [0.15, 0.2) is 48.5 Å². The number of imide groups is 1. The number of nitrogens with one attached hydrogen (secondary N) is 1. The average Bonchev–Trinajstić information content (AvgIpc) is 2.98. The fraction of sp³-hybridized carbons (Fsp3) is 0.273. The maximum absolute atomic E-state index is 12.9. The van der Waals surface area contributed by atoms with Gasteiger partial charge in [0.15, 0.2) is 0 Å². The van der Waals surface area contributed by atoms with Crippen molar-refractivity contribution in [1.82, 2.24) is 0 Å². The molecule has 0 aromatic heterocycles. The molecular weight excluding hydrogens is 532 g/mol. The minimum atomic E-state index is -1.14. The van der Waals surface area contributed by atoms with Gasteiger partial charge in [0.25, 0.3) is 5.91 Å². The topological polar surface area (TPSA) is 104 Å². The highest BCUT2D eigenvalue weighted by molar-refractivity contribution is 9.12. The Morgan fingerprint density at radius 1 is 0.903 bits per heavy atom. The predicted molar refractivity (Wildman–Crippen MR) is 122 cm³/mol. The van der Waals surface area contributed by atoms with E-state index in [0.717, 1.165) is 0 Å². The van der Waals surface area contributed by atoms with Gasteiger partial charge >= 0.3 is 5.97 Å². The number of carboxylic acids is 1. The van der Waals surface area contributed by atoms with E-state index in [2.05, 4.69) is 37.2 Å². The van der Waals surface area contributed by atoms with E-state index in [1.807, 2.05) is 0 Å². The van der Waals surface area contributed by atoms with Gasteiger partial charge in [-0.25, -0.2) is 4.79 Å². The molecule has 2 fully saturated rings. The fourth-order valence-electron chi connectivity index (χ4n) is 4.08. The second kappa shape index (κ2) is 8.55. The van der Waals surface area contributed by atoms with E-state index >= 15 is 0 Å². The van der Waals surface area contributed by atoms with E-state index in [0.29, 0.717) is 18.5 Å². The van der Waals surface area contributed by atoms with Crippen LogP contribution in [-0.4, -0.2) is 38.5 Å². The summed E-state index contributed by atoms with van der Waals surface area (Å²) < 4.78 is 0. The smallest absolute Gasteiger partial charge is 0.337 e. The summed E-state index contributed by atoms with van der Waals surface area (Å²) in [6, 6.07) is 12.3. The van der Waals surface area contributed by atoms with Crippen LogP contribution in [0.5, 0.6) is 0 Å². The quantitative estimate of drug-likeness (QED) is 0.442. The molecule has 2 aliphatic rings. The molecular formula is C22H18Br2N2O5. The molecule has 4 atom stereocenters. The molecule has 160 valence electrons. The zero-order valence-corrected chi connectivity index (χ0v) is 19.3. The maximum Gasteiger partial charge on any atom is 0.337 e. The van der Waals surface area contributed by atoms with Gasteiger partial charge in [0.1, 0.15) is 0 Å². The Balaban J connectivity index is 1.52. The van der Waals surface area contributed by atoms with Gasteiger partial charge in [-0.05, 0) is 49.2 Å². The number of amides is 3. The van der Waals surface area contributed by atoms with Crippen LogP contribution >= 0.6 is 31.9 Å². The number of fused-ring (bicyclic) bond motifs is 1. The third kappa shape index (κ3) is 4.04. The van der Waals surface area contributed by atoms with Crippen molar-refractivity contribution in [3.63, 3.8) is 0 Å². The van der Waals surface area contributed by atoms with E-state index in [9.17, 15) is 24.3 Å². The first-order valence-corrected chi connectivity index (χ1v) is 11.5. The standard InChI is InChI=1S/C22H18Br2N2O5/c23-16-9-14-15(10-17(16)24)21(29)26(20(14)28)12-7-5-11(6-8-12)19(27)25-18-4-2-1-3-13(18)22(30)31/h1-8,14-17H,9-10H2,(H,25,27)(H,30,31)/t14-,15+,16+,17-. The molecule has 0 spiro atoms. The molecule has 2 aromatic carbocycles. The van der Waals surface area contributed by atoms with Crippen molar-refractivity contribution in [3.8, 4) is 0 Å². The van der Waals surface area contributed by atoms with E-state index in [-0.39, 0.29) is 50.1 Å². The van der Waals surface area contributed by atoms with Crippen LogP contribution in [-0.2, 0) is 9.59 Å². The first kappa shape index (κ1) is 21.7. The second-order valence-electron chi connectivity index (χ2n) is 7.58. The second-order valence-corrected chi connectivity index (χ2v) is 9.93. The Bertz CT molecular complexity index is 1040. The normalized spacial score (nSPS) is 25.3. The van der Waals surface area contributed by atoms with E-state index < -0.39 is 11.9 Å². The number of anilines is 2. The number of nitrogens with zero attached hydrogens (tertiary/aromatic N) is 1. The SMILES string of the molecule is O=C(Nc1ccccc1C(=O)O)c1ccc(N2C(=O)[C@H]3C[C@@H](Br)[C@@H](Br)C[C@H]3C2=O)cc1.